The lowest BCUT2D eigenvalue weighted by Crippen LogP contribution is -2.19. The summed E-state index contributed by atoms with van der Waals surface area (Å²) in [5.41, 5.74) is 0.914. The molecular formula is C14H19FN2O2. The maximum Gasteiger partial charge on any atom is 0.224 e. The van der Waals surface area contributed by atoms with Crippen LogP contribution >= 0.6 is 0 Å². The molecule has 1 aromatic rings. The second-order valence-electron chi connectivity index (χ2n) is 4.61. The zero-order valence-corrected chi connectivity index (χ0v) is 11.0. The van der Waals surface area contributed by atoms with Gasteiger partial charge < -0.3 is 15.4 Å². The van der Waals surface area contributed by atoms with Crippen molar-refractivity contribution in [3.8, 4) is 0 Å². The minimum Gasteiger partial charge on any atom is -0.380 e. The molecular weight excluding hydrogens is 247 g/mol. The Labute approximate surface area is 112 Å². The van der Waals surface area contributed by atoms with Gasteiger partial charge in [-0.15, -0.1) is 0 Å². The van der Waals surface area contributed by atoms with E-state index in [1.807, 2.05) is 0 Å². The van der Waals surface area contributed by atoms with Gasteiger partial charge in [0.1, 0.15) is 5.82 Å². The van der Waals surface area contributed by atoms with Gasteiger partial charge in [0.25, 0.3) is 0 Å². The van der Waals surface area contributed by atoms with Crippen LogP contribution in [0.5, 0.6) is 0 Å². The van der Waals surface area contributed by atoms with Crippen LogP contribution in [0.4, 0.5) is 15.8 Å². The summed E-state index contributed by atoms with van der Waals surface area (Å²) in [7, 11) is 0. The van der Waals surface area contributed by atoms with Crippen molar-refractivity contribution in [2.24, 2.45) is 0 Å². The van der Waals surface area contributed by atoms with Crippen molar-refractivity contribution < 1.29 is 13.9 Å². The summed E-state index contributed by atoms with van der Waals surface area (Å²) in [4.78, 5) is 11.2. The van der Waals surface area contributed by atoms with Gasteiger partial charge >= 0.3 is 0 Å². The van der Waals surface area contributed by atoms with Crippen LogP contribution < -0.4 is 10.6 Å². The third-order valence-corrected chi connectivity index (χ3v) is 3.12. The van der Waals surface area contributed by atoms with Crippen molar-refractivity contribution in [2.75, 3.05) is 23.8 Å². The van der Waals surface area contributed by atoms with Crippen LogP contribution in [-0.2, 0) is 9.53 Å². The largest absolute Gasteiger partial charge is 0.380 e. The SMILES string of the molecule is CCC(=O)Nc1ccc(NC[C@@H]2CCCO2)c(F)c1. The van der Waals surface area contributed by atoms with E-state index in [9.17, 15) is 9.18 Å². The van der Waals surface area contributed by atoms with Gasteiger partial charge in [-0.05, 0) is 31.0 Å². The topological polar surface area (TPSA) is 50.4 Å². The molecule has 0 spiro atoms. The minimum atomic E-state index is -0.369. The predicted octanol–water partition coefficient (Wildman–Crippen LogP) is 2.77. The molecule has 2 rings (SSSR count). The van der Waals surface area contributed by atoms with Crippen molar-refractivity contribution in [2.45, 2.75) is 32.3 Å². The Kier molecular flexibility index (Phi) is 4.74. The van der Waals surface area contributed by atoms with E-state index < -0.39 is 0 Å². The molecule has 2 N–H and O–H groups in total. The maximum atomic E-state index is 13.8. The fourth-order valence-electron chi connectivity index (χ4n) is 2.01. The second kappa shape index (κ2) is 6.52. The van der Waals surface area contributed by atoms with E-state index in [0.717, 1.165) is 19.4 Å². The highest BCUT2D eigenvalue weighted by Crippen LogP contribution is 2.20. The highest BCUT2D eigenvalue weighted by Gasteiger charge is 2.15. The molecule has 1 aliphatic rings. The summed E-state index contributed by atoms with van der Waals surface area (Å²) >= 11 is 0. The predicted molar refractivity (Wildman–Crippen MR) is 72.8 cm³/mol. The average Bonchev–Trinajstić information content (AvgIpc) is 2.91. The van der Waals surface area contributed by atoms with Gasteiger partial charge in [-0.2, -0.15) is 0 Å². The van der Waals surface area contributed by atoms with Crippen LogP contribution in [0, 0.1) is 5.82 Å². The normalized spacial score (nSPS) is 18.3. The number of rotatable bonds is 5. The molecule has 1 amide bonds. The Hall–Kier alpha value is -1.62. The first-order valence-corrected chi connectivity index (χ1v) is 6.64. The Morgan fingerprint density at radius 2 is 2.37 bits per heavy atom. The van der Waals surface area contributed by atoms with Gasteiger partial charge in [0, 0.05) is 25.3 Å². The Bertz CT molecular complexity index is 445. The summed E-state index contributed by atoms with van der Waals surface area (Å²) in [6, 6.07) is 4.65. The summed E-state index contributed by atoms with van der Waals surface area (Å²) < 4.78 is 19.3. The standard InChI is InChI=1S/C14H19FN2O2/c1-2-14(18)17-10-5-6-13(12(15)8-10)16-9-11-4-3-7-19-11/h5-6,8,11,16H,2-4,7,9H2,1H3,(H,17,18)/t11-/m0/s1. The number of hydrogen-bond acceptors (Lipinski definition) is 3. The zero-order valence-electron chi connectivity index (χ0n) is 11.0. The van der Waals surface area contributed by atoms with Crippen LogP contribution in [0.25, 0.3) is 0 Å². The molecule has 1 saturated heterocycles. The summed E-state index contributed by atoms with van der Waals surface area (Å²) in [5.74, 6) is -0.494. The number of carbonyl (C=O) groups excluding carboxylic acids is 1. The lowest BCUT2D eigenvalue weighted by Gasteiger charge is -2.13. The van der Waals surface area contributed by atoms with E-state index in [4.69, 9.17) is 4.74 Å². The van der Waals surface area contributed by atoms with Gasteiger partial charge in [-0.3, -0.25) is 4.79 Å². The highest BCUT2D eigenvalue weighted by molar-refractivity contribution is 5.90. The van der Waals surface area contributed by atoms with E-state index in [1.165, 1.54) is 6.07 Å². The van der Waals surface area contributed by atoms with Crippen molar-refractivity contribution in [3.63, 3.8) is 0 Å². The first kappa shape index (κ1) is 13.8. The molecule has 1 fully saturated rings. The van der Waals surface area contributed by atoms with Gasteiger partial charge in [-0.25, -0.2) is 4.39 Å². The number of carbonyl (C=O) groups is 1. The Balaban J connectivity index is 1.92. The third-order valence-electron chi connectivity index (χ3n) is 3.12. The van der Waals surface area contributed by atoms with Gasteiger partial charge in [0.2, 0.25) is 5.91 Å². The average molecular weight is 266 g/mol. The lowest BCUT2D eigenvalue weighted by atomic mass is 10.2. The number of ether oxygens (including phenoxy) is 1. The molecule has 0 aromatic heterocycles. The first-order valence-electron chi connectivity index (χ1n) is 6.64. The lowest BCUT2D eigenvalue weighted by molar-refractivity contribution is -0.115. The van der Waals surface area contributed by atoms with Crippen molar-refractivity contribution in [1.82, 2.24) is 0 Å². The molecule has 1 aromatic carbocycles. The molecule has 0 saturated carbocycles. The van der Waals surface area contributed by atoms with E-state index in [-0.39, 0.29) is 17.8 Å². The van der Waals surface area contributed by atoms with Crippen molar-refractivity contribution >= 4 is 17.3 Å². The molecule has 104 valence electrons. The number of benzene rings is 1. The molecule has 0 unspecified atom stereocenters. The molecule has 0 radical (unpaired) electrons. The first-order chi connectivity index (χ1) is 9.19. The summed E-state index contributed by atoms with van der Waals surface area (Å²) in [6.07, 6.45) is 2.62. The van der Waals surface area contributed by atoms with Crippen LogP contribution in [0.15, 0.2) is 18.2 Å². The Morgan fingerprint density at radius 3 is 3.00 bits per heavy atom. The second-order valence-corrected chi connectivity index (χ2v) is 4.61. The molecule has 1 heterocycles. The van der Waals surface area contributed by atoms with E-state index >= 15 is 0 Å². The number of amides is 1. The molecule has 5 heteroatoms. The molecule has 0 aliphatic carbocycles. The maximum absolute atomic E-state index is 13.8. The van der Waals surface area contributed by atoms with E-state index in [1.54, 1.807) is 19.1 Å². The third kappa shape index (κ3) is 3.92. The zero-order chi connectivity index (χ0) is 13.7. The Morgan fingerprint density at radius 1 is 1.53 bits per heavy atom. The number of anilines is 2. The minimum absolute atomic E-state index is 0.125. The summed E-state index contributed by atoms with van der Waals surface area (Å²) in [5, 5.41) is 5.66. The molecule has 19 heavy (non-hydrogen) atoms. The fraction of sp³-hybridized carbons (Fsp3) is 0.500. The van der Waals surface area contributed by atoms with Gasteiger partial charge in [-0.1, -0.05) is 6.92 Å². The molecule has 0 bridgehead atoms. The number of hydrogen-bond donors (Lipinski definition) is 2. The van der Waals surface area contributed by atoms with Crippen LogP contribution in [-0.4, -0.2) is 25.2 Å². The van der Waals surface area contributed by atoms with E-state index in [2.05, 4.69) is 10.6 Å². The van der Waals surface area contributed by atoms with Gasteiger partial charge in [0.15, 0.2) is 0 Å². The molecule has 4 nitrogen and oxygen atoms in total. The van der Waals surface area contributed by atoms with E-state index in [0.29, 0.717) is 24.3 Å². The molecule has 1 atom stereocenters. The summed E-state index contributed by atoms with van der Waals surface area (Å²) in [6.45, 7) is 3.15. The van der Waals surface area contributed by atoms with Crippen molar-refractivity contribution in [3.05, 3.63) is 24.0 Å². The fourth-order valence-corrected chi connectivity index (χ4v) is 2.01. The number of nitrogens with one attached hydrogen (secondary N) is 2. The van der Waals surface area contributed by atoms with Gasteiger partial charge in [0.05, 0.1) is 11.8 Å². The van der Waals surface area contributed by atoms with Crippen LogP contribution in [0.2, 0.25) is 0 Å². The van der Waals surface area contributed by atoms with Crippen LogP contribution in [0.1, 0.15) is 26.2 Å². The van der Waals surface area contributed by atoms with Crippen molar-refractivity contribution in [1.29, 1.82) is 0 Å². The highest BCUT2D eigenvalue weighted by atomic mass is 19.1. The van der Waals surface area contributed by atoms with Crippen LogP contribution in [0.3, 0.4) is 0 Å². The smallest absolute Gasteiger partial charge is 0.224 e. The molecule has 1 aliphatic heterocycles. The monoisotopic (exact) mass is 266 g/mol. The quantitative estimate of drug-likeness (QED) is 0.861. The number of halogens is 1.